The minimum absolute atomic E-state index is 0.498. The maximum Gasteiger partial charge on any atom is 0.310 e. The van der Waals surface area contributed by atoms with Crippen LogP contribution in [0.5, 0.6) is 0 Å². The Kier molecular flexibility index (Phi) is 5.98. The third-order valence-corrected chi connectivity index (χ3v) is 2.07. The zero-order valence-corrected chi connectivity index (χ0v) is 8.97. The number of rotatable bonds is 7. The lowest BCUT2D eigenvalue weighted by Crippen LogP contribution is -2.36. The van der Waals surface area contributed by atoms with E-state index in [4.69, 9.17) is 11.5 Å². The van der Waals surface area contributed by atoms with Gasteiger partial charge in [0, 0.05) is 13.0 Å². The van der Waals surface area contributed by atoms with Crippen LogP contribution in [0.25, 0.3) is 0 Å². The lowest BCUT2D eigenvalue weighted by molar-refractivity contribution is -0.146. The molecule has 0 rings (SSSR count). The minimum Gasteiger partial charge on any atom is -0.481 e. The molecule has 0 aliphatic rings. The van der Waals surface area contributed by atoms with Gasteiger partial charge in [-0.3, -0.25) is 4.79 Å². The smallest absolute Gasteiger partial charge is 0.310 e. The molecule has 3 nitrogen and oxygen atoms in total. The van der Waals surface area contributed by atoms with E-state index in [1.54, 1.807) is 13.8 Å². The highest BCUT2D eigenvalue weighted by Crippen LogP contribution is 2.12. The van der Waals surface area contributed by atoms with E-state index in [9.17, 15) is 4.79 Å². The molecule has 0 aromatic heterocycles. The molecule has 80 valence electrons. The predicted molar refractivity (Wildman–Crippen MR) is 57.0 cm³/mol. The topological polar surface area (TPSA) is 49.3 Å². The first-order chi connectivity index (χ1) is 6.50. The van der Waals surface area contributed by atoms with Crippen LogP contribution in [-0.2, 0) is 4.79 Å². The van der Waals surface area contributed by atoms with Crippen LogP contribution in [-0.4, -0.2) is 24.2 Å². The van der Waals surface area contributed by atoms with Crippen LogP contribution in [0.3, 0.4) is 0 Å². The number of unbranched alkanes of at least 4 members (excludes halogenated alkanes) is 2. The summed E-state index contributed by atoms with van der Waals surface area (Å²) in [4.78, 5) is 10.7. The summed E-state index contributed by atoms with van der Waals surface area (Å²) in [6, 6.07) is 0. The zero-order chi connectivity index (χ0) is 11.0. The van der Waals surface area contributed by atoms with Gasteiger partial charge in [0.1, 0.15) is 0 Å². The van der Waals surface area contributed by atoms with E-state index in [1.807, 2.05) is 0 Å². The van der Waals surface area contributed by atoms with Crippen molar-refractivity contribution in [3.8, 4) is 12.3 Å². The lowest BCUT2D eigenvalue weighted by Gasteiger charge is -2.19. The van der Waals surface area contributed by atoms with Gasteiger partial charge in [0.2, 0.25) is 0 Å². The molecule has 0 fully saturated rings. The van der Waals surface area contributed by atoms with Crippen molar-refractivity contribution in [3.63, 3.8) is 0 Å². The second-order valence-electron chi connectivity index (χ2n) is 4.03. The van der Waals surface area contributed by atoms with Gasteiger partial charge in [-0.25, -0.2) is 0 Å². The number of hydrogen-bond acceptors (Lipinski definition) is 2. The van der Waals surface area contributed by atoms with Crippen molar-refractivity contribution < 1.29 is 9.90 Å². The Balaban J connectivity index is 3.46. The fraction of sp³-hybridized carbons (Fsp3) is 0.727. The van der Waals surface area contributed by atoms with Crippen molar-refractivity contribution >= 4 is 5.97 Å². The van der Waals surface area contributed by atoms with Crippen molar-refractivity contribution in [2.75, 3.05) is 13.1 Å². The molecule has 0 amide bonds. The van der Waals surface area contributed by atoms with Gasteiger partial charge in [-0.2, -0.15) is 0 Å². The van der Waals surface area contributed by atoms with Crippen LogP contribution in [0.4, 0.5) is 0 Å². The molecule has 0 saturated heterocycles. The molecule has 0 aliphatic heterocycles. The van der Waals surface area contributed by atoms with E-state index in [1.165, 1.54) is 0 Å². The fourth-order valence-electron chi connectivity index (χ4n) is 0.954. The first-order valence-electron chi connectivity index (χ1n) is 4.88. The Morgan fingerprint density at radius 3 is 2.64 bits per heavy atom. The van der Waals surface area contributed by atoms with E-state index < -0.39 is 11.4 Å². The van der Waals surface area contributed by atoms with Crippen LogP contribution in [0.1, 0.15) is 33.1 Å². The van der Waals surface area contributed by atoms with Crippen LogP contribution in [0, 0.1) is 17.8 Å². The van der Waals surface area contributed by atoms with E-state index in [2.05, 4.69) is 11.2 Å². The third kappa shape index (κ3) is 5.60. The van der Waals surface area contributed by atoms with Crippen LogP contribution >= 0.6 is 0 Å². The Hall–Kier alpha value is -1.01. The van der Waals surface area contributed by atoms with Crippen LogP contribution in [0.2, 0.25) is 0 Å². The molecule has 0 aromatic rings. The Bertz CT molecular complexity index is 216. The summed E-state index contributed by atoms with van der Waals surface area (Å²) < 4.78 is 0. The van der Waals surface area contributed by atoms with Crippen molar-refractivity contribution in [1.29, 1.82) is 0 Å². The molecule has 0 bridgehead atoms. The Morgan fingerprint density at radius 2 is 2.14 bits per heavy atom. The molecule has 0 radical (unpaired) electrons. The van der Waals surface area contributed by atoms with Gasteiger partial charge in [-0.15, -0.1) is 12.3 Å². The second-order valence-corrected chi connectivity index (χ2v) is 4.03. The second kappa shape index (κ2) is 6.44. The number of carbonyl (C=O) groups is 1. The third-order valence-electron chi connectivity index (χ3n) is 2.07. The van der Waals surface area contributed by atoms with Crippen molar-refractivity contribution in [1.82, 2.24) is 5.32 Å². The predicted octanol–water partition coefficient (Wildman–Crippen LogP) is 1.49. The molecule has 3 heteroatoms. The summed E-state index contributed by atoms with van der Waals surface area (Å²) in [6.45, 7) is 4.75. The number of terminal acetylenes is 1. The summed E-state index contributed by atoms with van der Waals surface area (Å²) >= 11 is 0. The molecule has 0 heterocycles. The van der Waals surface area contributed by atoms with Gasteiger partial charge in [-0.1, -0.05) is 0 Å². The van der Waals surface area contributed by atoms with Crippen molar-refractivity contribution in [2.24, 2.45) is 5.41 Å². The molecular formula is C11H19NO2. The van der Waals surface area contributed by atoms with Crippen molar-refractivity contribution in [3.05, 3.63) is 0 Å². The summed E-state index contributed by atoms with van der Waals surface area (Å²) in [7, 11) is 0. The highest BCUT2D eigenvalue weighted by Gasteiger charge is 2.25. The minimum atomic E-state index is -0.770. The van der Waals surface area contributed by atoms with Gasteiger partial charge in [0.05, 0.1) is 5.41 Å². The fourth-order valence-corrected chi connectivity index (χ4v) is 0.954. The van der Waals surface area contributed by atoms with E-state index >= 15 is 0 Å². The van der Waals surface area contributed by atoms with Gasteiger partial charge < -0.3 is 10.4 Å². The Morgan fingerprint density at radius 1 is 1.50 bits per heavy atom. The summed E-state index contributed by atoms with van der Waals surface area (Å²) in [5.74, 6) is 1.80. The van der Waals surface area contributed by atoms with Gasteiger partial charge in [-0.05, 0) is 33.2 Å². The van der Waals surface area contributed by atoms with Gasteiger partial charge in [0.15, 0.2) is 0 Å². The maximum atomic E-state index is 10.7. The lowest BCUT2D eigenvalue weighted by atomic mass is 9.94. The number of nitrogens with one attached hydrogen (secondary N) is 1. The molecule has 0 spiro atoms. The monoisotopic (exact) mass is 197 g/mol. The molecule has 0 aliphatic carbocycles. The molecule has 0 unspecified atom stereocenters. The molecule has 2 N–H and O–H groups in total. The number of carboxylic acids is 1. The molecule has 0 aromatic carbocycles. The maximum absolute atomic E-state index is 10.7. The summed E-state index contributed by atoms with van der Waals surface area (Å²) in [5, 5.41) is 11.9. The summed E-state index contributed by atoms with van der Waals surface area (Å²) in [6.07, 6.45) is 7.90. The molecule has 0 atom stereocenters. The van der Waals surface area contributed by atoms with E-state index in [0.29, 0.717) is 6.54 Å². The SMILES string of the molecule is C#CCCCCNCC(C)(C)C(=O)O. The first-order valence-corrected chi connectivity index (χ1v) is 4.88. The first kappa shape index (κ1) is 13.0. The van der Waals surface area contributed by atoms with E-state index in [-0.39, 0.29) is 0 Å². The van der Waals surface area contributed by atoms with Crippen molar-refractivity contribution in [2.45, 2.75) is 33.1 Å². The number of carboxylic acid groups (broad SMARTS) is 1. The summed E-state index contributed by atoms with van der Waals surface area (Å²) in [5.41, 5.74) is -0.688. The zero-order valence-electron chi connectivity index (χ0n) is 8.97. The Labute approximate surface area is 85.9 Å². The number of aliphatic carboxylic acids is 1. The molecule has 14 heavy (non-hydrogen) atoms. The highest BCUT2D eigenvalue weighted by atomic mass is 16.4. The van der Waals surface area contributed by atoms with Gasteiger partial charge in [0.25, 0.3) is 0 Å². The number of hydrogen-bond donors (Lipinski definition) is 2. The normalized spacial score (nSPS) is 10.9. The van der Waals surface area contributed by atoms with Gasteiger partial charge >= 0.3 is 5.97 Å². The average Bonchev–Trinajstić information content (AvgIpc) is 2.10. The average molecular weight is 197 g/mol. The molecular weight excluding hydrogens is 178 g/mol. The quantitative estimate of drug-likeness (QED) is 0.480. The van der Waals surface area contributed by atoms with Crippen LogP contribution in [0.15, 0.2) is 0 Å². The largest absolute Gasteiger partial charge is 0.481 e. The molecule has 0 saturated carbocycles. The van der Waals surface area contributed by atoms with E-state index in [0.717, 1.165) is 25.8 Å². The highest BCUT2D eigenvalue weighted by molar-refractivity contribution is 5.73. The van der Waals surface area contributed by atoms with Crippen LogP contribution < -0.4 is 5.32 Å². The standard InChI is InChI=1S/C11H19NO2/c1-4-5-6-7-8-12-9-11(2,3)10(13)14/h1,12H,5-9H2,2-3H3,(H,13,14).